The van der Waals surface area contributed by atoms with E-state index in [9.17, 15) is 14.9 Å². The lowest BCUT2D eigenvalue weighted by Gasteiger charge is -2.08. The number of nitro groups is 1. The van der Waals surface area contributed by atoms with E-state index in [1.54, 1.807) is 28.8 Å². The molecule has 10 nitrogen and oxygen atoms in total. The number of para-hydroxylation sites is 2. The van der Waals surface area contributed by atoms with Crippen LogP contribution in [-0.2, 0) is 13.6 Å². The molecule has 0 aliphatic carbocycles. The standard InChI is InChI=1S/C21H16N6O4/c1-25-21(28)17-15(19(24-25)27(29)30)16(20-23-13-9-5-6-10-14(13)31-20)18(22)26(17)11-12-7-3-2-4-8-12/h2-10H,11,22H2,1H3. The second kappa shape index (κ2) is 6.80. The third-order valence-electron chi connectivity index (χ3n) is 5.13. The number of oxazole rings is 1. The molecule has 0 radical (unpaired) electrons. The van der Waals surface area contributed by atoms with E-state index in [4.69, 9.17) is 10.2 Å². The SMILES string of the molecule is Cn1nc([N+](=O)[O-])c2c(-c3nc4ccccc4o3)c(N)n(Cc3ccccc3)c2c1=O. The van der Waals surface area contributed by atoms with Crippen LogP contribution in [0.1, 0.15) is 5.56 Å². The van der Waals surface area contributed by atoms with E-state index < -0.39 is 16.3 Å². The fourth-order valence-corrected chi connectivity index (χ4v) is 3.72. The maximum atomic E-state index is 13.0. The first-order valence-electron chi connectivity index (χ1n) is 9.39. The number of hydrogen-bond acceptors (Lipinski definition) is 7. The van der Waals surface area contributed by atoms with Crippen molar-refractivity contribution < 1.29 is 9.34 Å². The third kappa shape index (κ3) is 2.84. The van der Waals surface area contributed by atoms with Crippen LogP contribution in [0.15, 0.2) is 63.8 Å². The van der Waals surface area contributed by atoms with Crippen LogP contribution in [0.2, 0.25) is 0 Å². The van der Waals surface area contributed by atoms with E-state index in [1.165, 1.54) is 7.05 Å². The molecule has 5 aromatic rings. The van der Waals surface area contributed by atoms with Gasteiger partial charge < -0.3 is 24.8 Å². The molecular formula is C21H16N6O4. The van der Waals surface area contributed by atoms with Crippen molar-refractivity contribution >= 4 is 33.6 Å². The van der Waals surface area contributed by atoms with E-state index in [1.807, 2.05) is 30.3 Å². The third-order valence-corrected chi connectivity index (χ3v) is 5.13. The Labute approximate surface area is 174 Å². The monoisotopic (exact) mass is 416 g/mol. The largest absolute Gasteiger partial charge is 0.436 e. The molecule has 0 fully saturated rings. The summed E-state index contributed by atoms with van der Waals surface area (Å²) < 4.78 is 8.34. The van der Waals surface area contributed by atoms with Crippen molar-refractivity contribution in [1.29, 1.82) is 0 Å². The molecule has 0 amide bonds. The number of anilines is 1. The van der Waals surface area contributed by atoms with Gasteiger partial charge in [-0.2, -0.15) is 0 Å². The van der Waals surface area contributed by atoms with Crippen LogP contribution in [0.25, 0.3) is 33.5 Å². The minimum absolute atomic E-state index is 0.00749. The Morgan fingerprint density at radius 2 is 1.84 bits per heavy atom. The lowest BCUT2D eigenvalue weighted by Crippen LogP contribution is -2.23. The molecule has 0 aliphatic rings. The van der Waals surface area contributed by atoms with Crippen molar-refractivity contribution in [2.45, 2.75) is 6.54 Å². The van der Waals surface area contributed by atoms with Crippen molar-refractivity contribution in [1.82, 2.24) is 19.3 Å². The molecule has 0 unspecified atom stereocenters. The van der Waals surface area contributed by atoms with Gasteiger partial charge in [0.1, 0.15) is 22.2 Å². The molecule has 2 N–H and O–H groups in total. The number of rotatable bonds is 4. The molecular weight excluding hydrogens is 400 g/mol. The van der Waals surface area contributed by atoms with E-state index >= 15 is 0 Å². The molecule has 0 atom stereocenters. The fraction of sp³-hybridized carbons (Fsp3) is 0.0952. The van der Waals surface area contributed by atoms with Gasteiger partial charge >= 0.3 is 11.4 Å². The van der Waals surface area contributed by atoms with Gasteiger partial charge in [0.2, 0.25) is 5.89 Å². The summed E-state index contributed by atoms with van der Waals surface area (Å²) in [7, 11) is 1.37. The van der Waals surface area contributed by atoms with Gasteiger partial charge in [0.05, 0.1) is 17.7 Å². The first kappa shape index (κ1) is 18.6. The number of fused-ring (bicyclic) bond motifs is 2. The van der Waals surface area contributed by atoms with Gasteiger partial charge in [-0.15, -0.1) is 4.68 Å². The molecule has 10 heteroatoms. The molecule has 0 bridgehead atoms. The van der Waals surface area contributed by atoms with Crippen molar-refractivity contribution in [3.8, 4) is 11.5 Å². The Morgan fingerprint density at radius 3 is 2.55 bits per heavy atom. The average Bonchev–Trinajstić information content (AvgIpc) is 3.30. The van der Waals surface area contributed by atoms with E-state index in [0.29, 0.717) is 11.1 Å². The number of nitrogen functional groups attached to an aromatic ring is 1. The van der Waals surface area contributed by atoms with Gasteiger partial charge in [-0.05, 0) is 22.6 Å². The van der Waals surface area contributed by atoms with Crippen LogP contribution in [0, 0.1) is 10.1 Å². The molecule has 154 valence electrons. The number of nitrogens with two attached hydrogens (primary N) is 1. The first-order chi connectivity index (χ1) is 15.0. The van der Waals surface area contributed by atoms with Crippen LogP contribution in [0.3, 0.4) is 0 Å². The van der Waals surface area contributed by atoms with Crippen LogP contribution >= 0.6 is 0 Å². The van der Waals surface area contributed by atoms with Gasteiger partial charge in [-0.25, -0.2) is 4.98 Å². The Hall–Kier alpha value is -4.47. The van der Waals surface area contributed by atoms with Crippen LogP contribution in [0.5, 0.6) is 0 Å². The predicted octanol–water partition coefficient (Wildman–Crippen LogP) is 3.08. The predicted molar refractivity (Wildman–Crippen MR) is 115 cm³/mol. The summed E-state index contributed by atoms with van der Waals surface area (Å²) in [5.41, 5.74) is 8.16. The summed E-state index contributed by atoms with van der Waals surface area (Å²) >= 11 is 0. The summed E-state index contributed by atoms with van der Waals surface area (Å²) in [6.07, 6.45) is 0. The van der Waals surface area contributed by atoms with Crippen molar-refractivity contribution in [2.75, 3.05) is 5.73 Å². The van der Waals surface area contributed by atoms with E-state index in [2.05, 4.69) is 10.1 Å². The normalized spacial score (nSPS) is 11.4. The van der Waals surface area contributed by atoms with E-state index in [-0.39, 0.29) is 34.7 Å². The smallest absolute Gasteiger partial charge is 0.399 e. The number of benzene rings is 2. The average molecular weight is 416 g/mol. The molecule has 5 rings (SSSR count). The number of aryl methyl sites for hydroxylation is 1. The molecule has 0 saturated carbocycles. The van der Waals surface area contributed by atoms with Crippen molar-refractivity contribution in [2.24, 2.45) is 7.05 Å². The summed E-state index contributed by atoms with van der Waals surface area (Å²) in [5, 5.41) is 15.7. The van der Waals surface area contributed by atoms with Gasteiger partial charge in [0.15, 0.2) is 5.58 Å². The highest BCUT2D eigenvalue weighted by molar-refractivity contribution is 6.05. The Balaban J connectivity index is 1.90. The Kier molecular flexibility index (Phi) is 4.07. The minimum Gasteiger partial charge on any atom is -0.436 e. The Bertz CT molecular complexity index is 1500. The molecule has 31 heavy (non-hydrogen) atoms. The summed E-state index contributed by atoms with van der Waals surface area (Å²) in [6.45, 7) is 0.236. The van der Waals surface area contributed by atoms with Gasteiger partial charge in [-0.3, -0.25) is 4.79 Å². The van der Waals surface area contributed by atoms with Crippen LogP contribution < -0.4 is 11.3 Å². The molecule has 0 spiro atoms. The fourth-order valence-electron chi connectivity index (χ4n) is 3.72. The topological polar surface area (TPSA) is 135 Å². The van der Waals surface area contributed by atoms with Gasteiger partial charge in [0, 0.05) is 6.54 Å². The number of hydrogen-bond donors (Lipinski definition) is 1. The molecule has 3 heterocycles. The summed E-state index contributed by atoms with van der Waals surface area (Å²) in [4.78, 5) is 28.7. The second-order valence-corrected chi connectivity index (χ2v) is 7.05. The summed E-state index contributed by atoms with van der Waals surface area (Å²) in [5.74, 6) is -0.264. The molecule has 2 aromatic carbocycles. The minimum atomic E-state index is -0.639. The van der Waals surface area contributed by atoms with Crippen molar-refractivity contribution in [3.63, 3.8) is 0 Å². The lowest BCUT2D eigenvalue weighted by molar-refractivity contribution is -0.388. The molecule has 3 aromatic heterocycles. The maximum absolute atomic E-state index is 13.0. The quantitative estimate of drug-likeness (QED) is 0.351. The highest BCUT2D eigenvalue weighted by atomic mass is 16.6. The number of nitrogens with zero attached hydrogens (tertiary/aromatic N) is 5. The molecule has 0 aliphatic heterocycles. The van der Waals surface area contributed by atoms with E-state index in [0.717, 1.165) is 10.2 Å². The van der Waals surface area contributed by atoms with Crippen LogP contribution in [-0.4, -0.2) is 24.3 Å². The lowest BCUT2D eigenvalue weighted by atomic mass is 10.2. The second-order valence-electron chi connectivity index (χ2n) is 7.05. The highest BCUT2D eigenvalue weighted by Crippen LogP contribution is 2.40. The van der Waals surface area contributed by atoms with Crippen LogP contribution in [0.4, 0.5) is 11.6 Å². The summed E-state index contributed by atoms with van der Waals surface area (Å²) in [6, 6.07) is 16.4. The Morgan fingerprint density at radius 1 is 1.13 bits per heavy atom. The zero-order valence-corrected chi connectivity index (χ0v) is 16.3. The number of aromatic nitrogens is 4. The zero-order valence-electron chi connectivity index (χ0n) is 16.3. The first-order valence-corrected chi connectivity index (χ1v) is 9.39. The van der Waals surface area contributed by atoms with Gasteiger partial charge in [0.25, 0.3) is 0 Å². The highest BCUT2D eigenvalue weighted by Gasteiger charge is 2.32. The van der Waals surface area contributed by atoms with Gasteiger partial charge in [-0.1, -0.05) is 42.5 Å². The maximum Gasteiger partial charge on any atom is 0.399 e. The van der Waals surface area contributed by atoms with Crippen molar-refractivity contribution in [3.05, 3.63) is 80.6 Å². The molecule has 0 saturated heterocycles. The zero-order chi connectivity index (χ0) is 21.7.